The molecule has 2 N–H and O–H groups in total. The van der Waals surface area contributed by atoms with Gasteiger partial charge in [-0.25, -0.2) is 0 Å². The third-order valence-electron chi connectivity index (χ3n) is 2.33. The first kappa shape index (κ1) is 7.73. The number of nitrogens with two attached hydrogens (primary N) is 1. The molecule has 1 atom stereocenters. The Morgan fingerprint density at radius 1 is 1.70 bits per heavy atom. The summed E-state index contributed by atoms with van der Waals surface area (Å²) < 4.78 is 0. The Morgan fingerprint density at radius 3 is 2.60 bits per heavy atom. The monoisotopic (exact) mass is 141 g/mol. The number of carbonyl (C=O) groups excluding carboxylic acids is 1. The smallest absolute Gasteiger partial charge is 0.146 e. The second kappa shape index (κ2) is 3.15. The van der Waals surface area contributed by atoms with Crippen LogP contribution in [0.25, 0.3) is 0 Å². The normalized spacial score (nSPS) is 21.8. The van der Waals surface area contributed by atoms with Crippen LogP contribution in [-0.2, 0) is 4.79 Å². The van der Waals surface area contributed by atoms with Crippen LogP contribution in [0.15, 0.2) is 0 Å². The van der Waals surface area contributed by atoms with Crippen molar-refractivity contribution in [3.8, 4) is 0 Å². The third-order valence-corrected chi connectivity index (χ3v) is 2.33. The number of rotatable bonds is 3. The van der Waals surface area contributed by atoms with E-state index in [-0.39, 0.29) is 11.8 Å². The van der Waals surface area contributed by atoms with Crippen molar-refractivity contribution in [2.24, 2.45) is 11.7 Å². The van der Waals surface area contributed by atoms with Crippen LogP contribution in [0.1, 0.15) is 32.6 Å². The fraction of sp³-hybridized carbons (Fsp3) is 0.875. The van der Waals surface area contributed by atoms with E-state index in [0.717, 1.165) is 12.3 Å². The lowest BCUT2D eigenvalue weighted by Gasteiger charge is -2.26. The quantitative estimate of drug-likeness (QED) is 0.639. The van der Waals surface area contributed by atoms with Gasteiger partial charge in [0.25, 0.3) is 0 Å². The summed E-state index contributed by atoms with van der Waals surface area (Å²) in [5.41, 5.74) is 5.58. The van der Waals surface area contributed by atoms with Gasteiger partial charge in [0, 0.05) is 0 Å². The van der Waals surface area contributed by atoms with Gasteiger partial charge in [0.15, 0.2) is 0 Å². The van der Waals surface area contributed by atoms with Crippen LogP contribution in [0.3, 0.4) is 0 Å². The number of ketones is 1. The number of hydrogen-bond acceptors (Lipinski definition) is 2. The lowest BCUT2D eigenvalue weighted by Crippen LogP contribution is -2.32. The van der Waals surface area contributed by atoms with Crippen molar-refractivity contribution >= 4 is 5.78 Å². The summed E-state index contributed by atoms with van der Waals surface area (Å²) in [6.07, 6.45) is 4.80. The molecule has 0 bridgehead atoms. The second-order valence-electron chi connectivity index (χ2n) is 3.25. The zero-order valence-corrected chi connectivity index (χ0v) is 6.47. The van der Waals surface area contributed by atoms with Crippen LogP contribution in [0.5, 0.6) is 0 Å². The highest BCUT2D eigenvalue weighted by Crippen LogP contribution is 2.29. The molecule has 1 saturated carbocycles. The Labute approximate surface area is 61.8 Å². The maximum atomic E-state index is 10.7. The molecule has 1 rings (SSSR count). The summed E-state index contributed by atoms with van der Waals surface area (Å²) >= 11 is 0. The fourth-order valence-corrected chi connectivity index (χ4v) is 1.25. The molecular weight excluding hydrogens is 126 g/mol. The molecule has 0 unspecified atom stereocenters. The Kier molecular flexibility index (Phi) is 2.44. The molecule has 58 valence electrons. The molecule has 2 heteroatoms. The lowest BCUT2D eigenvalue weighted by atomic mass is 9.80. The van der Waals surface area contributed by atoms with Gasteiger partial charge in [-0.3, -0.25) is 4.79 Å². The zero-order valence-electron chi connectivity index (χ0n) is 6.47. The second-order valence-corrected chi connectivity index (χ2v) is 3.25. The van der Waals surface area contributed by atoms with Gasteiger partial charge in [0.1, 0.15) is 5.78 Å². The molecule has 0 aliphatic heterocycles. The minimum absolute atomic E-state index is 0.131. The number of hydrogen-bond donors (Lipinski definition) is 1. The molecule has 1 fully saturated rings. The van der Waals surface area contributed by atoms with E-state index < -0.39 is 0 Å². The molecule has 0 aromatic carbocycles. The Hall–Kier alpha value is -0.370. The van der Waals surface area contributed by atoms with Gasteiger partial charge >= 0.3 is 0 Å². The van der Waals surface area contributed by atoms with Gasteiger partial charge in [-0.2, -0.15) is 0 Å². The Morgan fingerprint density at radius 2 is 2.30 bits per heavy atom. The van der Waals surface area contributed by atoms with E-state index in [2.05, 4.69) is 0 Å². The Balaban J connectivity index is 2.16. The van der Waals surface area contributed by atoms with E-state index in [1.807, 2.05) is 0 Å². The van der Waals surface area contributed by atoms with Crippen LogP contribution in [0.2, 0.25) is 0 Å². The van der Waals surface area contributed by atoms with E-state index >= 15 is 0 Å². The van der Waals surface area contributed by atoms with E-state index in [9.17, 15) is 4.79 Å². The standard InChI is InChI=1S/C8H15NO/c1-6(10)8(9)5-7-3-2-4-7/h7-8H,2-5,9H2,1H3/t8-/m0/s1. The summed E-state index contributed by atoms with van der Waals surface area (Å²) in [5.74, 6) is 0.880. The highest BCUT2D eigenvalue weighted by molar-refractivity contribution is 5.81. The van der Waals surface area contributed by atoms with Crippen LogP contribution < -0.4 is 5.73 Å². The van der Waals surface area contributed by atoms with Gasteiger partial charge in [-0.1, -0.05) is 19.3 Å². The SMILES string of the molecule is CC(=O)[C@@H](N)CC1CCC1. The van der Waals surface area contributed by atoms with Crippen molar-refractivity contribution in [1.29, 1.82) is 0 Å². The topological polar surface area (TPSA) is 43.1 Å². The van der Waals surface area contributed by atoms with E-state index in [1.54, 1.807) is 6.92 Å². The molecule has 0 heterocycles. The van der Waals surface area contributed by atoms with Crippen molar-refractivity contribution in [3.05, 3.63) is 0 Å². The van der Waals surface area contributed by atoms with Crippen LogP contribution >= 0.6 is 0 Å². The average molecular weight is 141 g/mol. The van der Waals surface area contributed by atoms with E-state index in [0.29, 0.717) is 0 Å². The maximum absolute atomic E-state index is 10.7. The molecular formula is C8H15NO. The molecule has 2 nitrogen and oxygen atoms in total. The summed E-state index contributed by atoms with van der Waals surface area (Å²) in [6.45, 7) is 1.57. The predicted octanol–water partition coefficient (Wildman–Crippen LogP) is 1.09. The number of carbonyl (C=O) groups is 1. The summed E-state index contributed by atoms with van der Waals surface area (Å²) in [4.78, 5) is 10.7. The molecule has 1 aliphatic carbocycles. The van der Waals surface area contributed by atoms with Crippen molar-refractivity contribution in [3.63, 3.8) is 0 Å². The first-order valence-electron chi connectivity index (χ1n) is 3.96. The molecule has 10 heavy (non-hydrogen) atoms. The summed E-state index contributed by atoms with van der Waals surface area (Å²) in [5, 5.41) is 0. The highest BCUT2D eigenvalue weighted by atomic mass is 16.1. The maximum Gasteiger partial charge on any atom is 0.146 e. The largest absolute Gasteiger partial charge is 0.322 e. The van der Waals surface area contributed by atoms with E-state index in [4.69, 9.17) is 5.73 Å². The summed E-state index contributed by atoms with van der Waals surface area (Å²) in [6, 6.07) is -0.190. The van der Waals surface area contributed by atoms with Crippen molar-refractivity contribution in [2.45, 2.75) is 38.6 Å². The molecule has 0 amide bonds. The fourth-order valence-electron chi connectivity index (χ4n) is 1.25. The first-order valence-corrected chi connectivity index (χ1v) is 3.96. The van der Waals surface area contributed by atoms with Gasteiger partial charge in [-0.15, -0.1) is 0 Å². The molecule has 0 aromatic heterocycles. The molecule has 0 radical (unpaired) electrons. The average Bonchev–Trinajstić information content (AvgIpc) is 1.77. The predicted molar refractivity (Wildman–Crippen MR) is 40.6 cm³/mol. The molecule has 1 aliphatic rings. The van der Waals surface area contributed by atoms with Crippen molar-refractivity contribution in [2.75, 3.05) is 0 Å². The minimum atomic E-state index is -0.190. The zero-order chi connectivity index (χ0) is 7.56. The lowest BCUT2D eigenvalue weighted by molar-refractivity contribution is -0.118. The molecule has 0 saturated heterocycles. The number of Topliss-reactive ketones (excluding diaryl/α,β-unsaturated/α-hetero) is 1. The minimum Gasteiger partial charge on any atom is -0.322 e. The van der Waals surface area contributed by atoms with Crippen LogP contribution in [-0.4, -0.2) is 11.8 Å². The summed E-state index contributed by atoms with van der Waals surface area (Å²) in [7, 11) is 0. The van der Waals surface area contributed by atoms with Crippen LogP contribution in [0, 0.1) is 5.92 Å². The van der Waals surface area contributed by atoms with Gasteiger partial charge < -0.3 is 5.73 Å². The van der Waals surface area contributed by atoms with Crippen molar-refractivity contribution < 1.29 is 4.79 Å². The molecule has 0 spiro atoms. The molecule has 0 aromatic rings. The van der Waals surface area contributed by atoms with Crippen molar-refractivity contribution in [1.82, 2.24) is 0 Å². The van der Waals surface area contributed by atoms with Gasteiger partial charge in [0.05, 0.1) is 6.04 Å². The third kappa shape index (κ3) is 1.81. The van der Waals surface area contributed by atoms with Crippen LogP contribution in [0.4, 0.5) is 0 Å². The Bertz CT molecular complexity index is 129. The highest BCUT2D eigenvalue weighted by Gasteiger charge is 2.21. The van der Waals surface area contributed by atoms with E-state index in [1.165, 1.54) is 19.3 Å². The van der Waals surface area contributed by atoms with Gasteiger partial charge in [-0.05, 0) is 19.3 Å². The van der Waals surface area contributed by atoms with Gasteiger partial charge in [0.2, 0.25) is 0 Å². The first-order chi connectivity index (χ1) is 4.70.